The zero-order valence-corrected chi connectivity index (χ0v) is 20.2. The van der Waals surface area contributed by atoms with Crippen LogP contribution < -0.4 is 0 Å². The first-order valence-electron chi connectivity index (χ1n) is 11.9. The number of amides is 2. The van der Waals surface area contributed by atoms with E-state index < -0.39 is 0 Å². The van der Waals surface area contributed by atoms with Gasteiger partial charge in [-0.2, -0.15) is 5.10 Å². The summed E-state index contributed by atoms with van der Waals surface area (Å²) in [5, 5.41) is 5.28. The van der Waals surface area contributed by atoms with Crippen LogP contribution >= 0.6 is 0 Å². The van der Waals surface area contributed by atoms with E-state index in [1.807, 2.05) is 44.8 Å². The first-order chi connectivity index (χ1) is 15.8. The molecule has 3 aromatic rings. The summed E-state index contributed by atoms with van der Waals surface area (Å²) in [4.78, 5) is 34.9. The van der Waals surface area contributed by atoms with E-state index in [4.69, 9.17) is 4.98 Å². The third-order valence-electron chi connectivity index (χ3n) is 6.36. The van der Waals surface area contributed by atoms with Crippen molar-refractivity contribution >= 4 is 22.8 Å². The van der Waals surface area contributed by atoms with Crippen LogP contribution in [0.2, 0.25) is 0 Å². The second kappa shape index (κ2) is 9.33. The molecule has 174 valence electrons. The Kier molecular flexibility index (Phi) is 6.49. The summed E-state index contributed by atoms with van der Waals surface area (Å²) in [5.74, 6) is 0.202. The lowest BCUT2D eigenvalue weighted by Crippen LogP contribution is -2.50. The number of aryl methyl sites for hydroxylation is 1. The minimum absolute atomic E-state index is 0.0213. The average Bonchev–Trinajstić information content (AvgIpc) is 3.27. The van der Waals surface area contributed by atoms with Gasteiger partial charge in [-0.15, -0.1) is 0 Å². The SMILES string of the molecule is CCc1ccc(C(=O)N2CCN(C(=O)c3cc(C(C)C)nc4c3cnn4C(C)C)CC2)cc1. The van der Waals surface area contributed by atoms with E-state index in [0.29, 0.717) is 37.3 Å². The van der Waals surface area contributed by atoms with Crippen molar-refractivity contribution in [1.82, 2.24) is 24.6 Å². The Morgan fingerprint density at radius 1 is 0.939 bits per heavy atom. The minimum Gasteiger partial charge on any atom is -0.335 e. The molecule has 7 nitrogen and oxygen atoms in total. The smallest absolute Gasteiger partial charge is 0.254 e. The maximum absolute atomic E-state index is 13.5. The van der Waals surface area contributed by atoms with Crippen LogP contribution in [0, 0.1) is 0 Å². The summed E-state index contributed by atoms with van der Waals surface area (Å²) in [6, 6.07) is 9.87. The molecule has 7 heteroatoms. The molecule has 0 saturated carbocycles. The van der Waals surface area contributed by atoms with E-state index in [1.54, 1.807) is 6.20 Å². The van der Waals surface area contributed by atoms with Gasteiger partial charge in [-0.25, -0.2) is 9.67 Å². The Labute approximate surface area is 195 Å². The van der Waals surface area contributed by atoms with Gasteiger partial charge >= 0.3 is 0 Å². The number of carbonyl (C=O) groups is 2. The van der Waals surface area contributed by atoms with E-state index in [1.165, 1.54) is 5.56 Å². The van der Waals surface area contributed by atoms with Crippen molar-refractivity contribution in [3.05, 3.63) is 58.9 Å². The van der Waals surface area contributed by atoms with Crippen molar-refractivity contribution in [2.45, 2.75) is 53.0 Å². The zero-order valence-electron chi connectivity index (χ0n) is 20.2. The second-order valence-electron chi connectivity index (χ2n) is 9.30. The second-order valence-corrected chi connectivity index (χ2v) is 9.30. The quantitative estimate of drug-likeness (QED) is 0.585. The fourth-order valence-electron chi connectivity index (χ4n) is 4.24. The summed E-state index contributed by atoms with van der Waals surface area (Å²) in [5.41, 5.74) is 4.20. The molecule has 0 aliphatic carbocycles. The van der Waals surface area contributed by atoms with Crippen LogP contribution in [0.5, 0.6) is 0 Å². The lowest BCUT2D eigenvalue weighted by molar-refractivity contribution is 0.0536. The fourth-order valence-corrected chi connectivity index (χ4v) is 4.24. The third kappa shape index (κ3) is 4.49. The molecule has 1 aliphatic heterocycles. The first kappa shape index (κ1) is 23.0. The number of hydrogen-bond acceptors (Lipinski definition) is 4. The highest BCUT2D eigenvalue weighted by Gasteiger charge is 2.28. The van der Waals surface area contributed by atoms with Crippen molar-refractivity contribution in [3.63, 3.8) is 0 Å². The van der Waals surface area contributed by atoms with E-state index in [-0.39, 0.29) is 23.8 Å². The van der Waals surface area contributed by atoms with Crippen LogP contribution in [0.3, 0.4) is 0 Å². The van der Waals surface area contributed by atoms with Gasteiger partial charge in [0.1, 0.15) is 0 Å². The molecule has 0 atom stereocenters. The van der Waals surface area contributed by atoms with Gasteiger partial charge in [0, 0.05) is 43.5 Å². The largest absolute Gasteiger partial charge is 0.335 e. The molecule has 1 saturated heterocycles. The predicted molar refractivity (Wildman–Crippen MR) is 130 cm³/mol. The molecular formula is C26H33N5O2. The Hall–Kier alpha value is -3.22. The lowest BCUT2D eigenvalue weighted by Gasteiger charge is -2.35. The van der Waals surface area contributed by atoms with Crippen LogP contribution in [-0.4, -0.2) is 62.6 Å². The van der Waals surface area contributed by atoms with Crippen molar-refractivity contribution in [3.8, 4) is 0 Å². The molecular weight excluding hydrogens is 414 g/mol. The summed E-state index contributed by atoms with van der Waals surface area (Å²) in [7, 11) is 0. The highest BCUT2D eigenvalue weighted by Crippen LogP contribution is 2.26. The van der Waals surface area contributed by atoms with Gasteiger partial charge in [-0.1, -0.05) is 32.9 Å². The number of carbonyl (C=O) groups excluding carboxylic acids is 2. The Morgan fingerprint density at radius 3 is 2.09 bits per heavy atom. The summed E-state index contributed by atoms with van der Waals surface area (Å²) in [6.07, 6.45) is 2.70. The van der Waals surface area contributed by atoms with Crippen molar-refractivity contribution in [1.29, 1.82) is 0 Å². The molecule has 0 N–H and O–H groups in total. The summed E-state index contributed by atoms with van der Waals surface area (Å²) in [6.45, 7) is 12.4. The summed E-state index contributed by atoms with van der Waals surface area (Å²) >= 11 is 0. The van der Waals surface area contributed by atoms with E-state index in [9.17, 15) is 9.59 Å². The van der Waals surface area contributed by atoms with Gasteiger partial charge in [0.25, 0.3) is 11.8 Å². The van der Waals surface area contributed by atoms with Crippen LogP contribution in [0.1, 0.15) is 78.6 Å². The lowest BCUT2D eigenvalue weighted by atomic mass is 10.0. The molecule has 0 unspecified atom stereocenters. The molecule has 2 amide bonds. The molecule has 0 spiro atoms. The third-order valence-corrected chi connectivity index (χ3v) is 6.36. The van der Waals surface area contributed by atoms with E-state index in [2.05, 4.69) is 39.7 Å². The Morgan fingerprint density at radius 2 is 1.55 bits per heavy atom. The topological polar surface area (TPSA) is 71.3 Å². The molecule has 3 heterocycles. The molecule has 4 rings (SSSR count). The van der Waals surface area contributed by atoms with E-state index >= 15 is 0 Å². The minimum atomic E-state index is -0.0213. The van der Waals surface area contributed by atoms with Gasteiger partial charge in [0.05, 0.1) is 17.1 Å². The first-order valence-corrected chi connectivity index (χ1v) is 11.9. The van der Waals surface area contributed by atoms with Gasteiger partial charge in [0.2, 0.25) is 0 Å². The van der Waals surface area contributed by atoms with E-state index in [0.717, 1.165) is 23.1 Å². The van der Waals surface area contributed by atoms with Crippen molar-refractivity contribution in [2.75, 3.05) is 26.2 Å². The number of piperazine rings is 1. The molecule has 0 bridgehead atoms. The van der Waals surface area contributed by atoms with Gasteiger partial charge in [-0.05, 0) is 49.9 Å². The molecule has 1 fully saturated rings. The highest BCUT2D eigenvalue weighted by molar-refractivity contribution is 6.05. The van der Waals surface area contributed by atoms with Crippen LogP contribution in [0.4, 0.5) is 0 Å². The number of aromatic nitrogens is 3. The predicted octanol–water partition coefficient (Wildman–Crippen LogP) is 4.30. The number of fused-ring (bicyclic) bond motifs is 1. The summed E-state index contributed by atoms with van der Waals surface area (Å²) < 4.78 is 1.87. The number of pyridine rings is 1. The van der Waals surface area contributed by atoms with Crippen molar-refractivity contribution < 1.29 is 9.59 Å². The maximum Gasteiger partial charge on any atom is 0.254 e. The normalized spacial score (nSPS) is 14.5. The van der Waals surface area contributed by atoms with Crippen LogP contribution in [0.25, 0.3) is 11.0 Å². The number of benzene rings is 1. The number of rotatable bonds is 5. The van der Waals surface area contributed by atoms with Crippen LogP contribution in [0.15, 0.2) is 36.5 Å². The molecule has 33 heavy (non-hydrogen) atoms. The Bertz CT molecular complexity index is 1160. The fraction of sp³-hybridized carbons (Fsp3) is 0.462. The standard InChI is InChI=1S/C26H33N5O2/c1-6-19-7-9-20(10-8-19)25(32)29-11-13-30(14-12-29)26(33)21-15-23(17(2)3)28-24-22(21)16-27-31(24)18(4)5/h7-10,15-18H,6,11-14H2,1-5H3. The van der Waals surface area contributed by atoms with Crippen molar-refractivity contribution in [2.24, 2.45) is 0 Å². The molecule has 1 aliphatic rings. The average molecular weight is 448 g/mol. The number of hydrogen-bond donors (Lipinski definition) is 0. The zero-order chi connectivity index (χ0) is 23.7. The Balaban J connectivity index is 1.53. The maximum atomic E-state index is 13.5. The highest BCUT2D eigenvalue weighted by atomic mass is 16.2. The number of nitrogens with zero attached hydrogens (tertiary/aromatic N) is 5. The van der Waals surface area contributed by atoms with Gasteiger partial charge in [-0.3, -0.25) is 9.59 Å². The van der Waals surface area contributed by atoms with Gasteiger partial charge < -0.3 is 9.80 Å². The molecule has 1 aromatic carbocycles. The molecule has 2 aromatic heterocycles. The van der Waals surface area contributed by atoms with Gasteiger partial charge in [0.15, 0.2) is 5.65 Å². The molecule has 0 radical (unpaired) electrons. The van der Waals surface area contributed by atoms with Crippen LogP contribution in [-0.2, 0) is 6.42 Å². The monoisotopic (exact) mass is 447 g/mol.